The molecule has 0 saturated carbocycles. The van der Waals surface area contributed by atoms with Crippen LogP contribution in [0.5, 0.6) is 5.75 Å². The van der Waals surface area contributed by atoms with Gasteiger partial charge in [0.25, 0.3) is 0 Å². The monoisotopic (exact) mass is 445 g/mol. The zero-order chi connectivity index (χ0) is 19.8. The van der Waals surface area contributed by atoms with Gasteiger partial charge in [0.1, 0.15) is 11.8 Å². The number of nitrogens with one attached hydrogen (secondary N) is 2. The van der Waals surface area contributed by atoms with Crippen molar-refractivity contribution in [2.24, 2.45) is 7.05 Å². The number of benzene rings is 1. The summed E-state index contributed by atoms with van der Waals surface area (Å²) in [7, 11) is 5.28. The quantitative estimate of drug-likeness (QED) is 0.588. The Morgan fingerprint density at radius 1 is 1.24 bits per heavy atom. The van der Waals surface area contributed by atoms with Crippen LogP contribution in [0.4, 0.5) is 0 Å². The van der Waals surface area contributed by atoms with Crippen molar-refractivity contribution in [2.75, 3.05) is 33.8 Å². The minimum atomic E-state index is -0.429. The number of hydrogen-bond acceptors (Lipinski definition) is 5. The number of likely N-dealkylation sites (N-methyl/N-ethyl adjacent to an activating group) is 2. The number of nitrogens with zero attached hydrogens (tertiary/aromatic N) is 3. The van der Waals surface area contributed by atoms with Gasteiger partial charge >= 0.3 is 0 Å². The molecule has 164 valence electrons. The van der Waals surface area contributed by atoms with Crippen LogP contribution in [0.3, 0.4) is 0 Å². The number of aryl methyl sites for hydroxylation is 1. The van der Waals surface area contributed by atoms with E-state index in [0.29, 0.717) is 6.54 Å². The predicted octanol–water partition coefficient (Wildman–Crippen LogP) is 2.73. The molecule has 0 bridgehead atoms. The van der Waals surface area contributed by atoms with Crippen LogP contribution in [0.15, 0.2) is 36.7 Å². The highest BCUT2D eigenvalue weighted by atomic mass is 35.5. The Hall–Kier alpha value is -1.80. The minimum Gasteiger partial charge on any atom is -0.497 e. The maximum Gasteiger partial charge on any atom is 0.241 e. The number of carbonyl (C=O) groups excluding carboxylic acids is 1. The molecule has 2 atom stereocenters. The van der Waals surface area contributed by atoms with Crippen molar-refractivity contribution in [3.05, 3.63) is 47.8 Å². The molecule has 1 aromatic heterocycles. The van der Waals surface area contributed by atoms with E-state index in [-0.39, 0.29) is 36.8 Å². The topological polar surface area (TPSA) is 71.4 Å². The fraction of sp³-hybridized carbons (Fsp3) is 0.500. The largest absolute Gasteiger partial charge is 0.497 e. The predicted molar refractivity (Wildman–Crippen MR) is 121 cm³/mol. The first-order chi connectivity index (χ1) is 13.0. The van der Waals surface area contributed by atoms with E-state index in [4.69, 9.17) is 4.74 Å². The van der Waals surface area contributed by atoms with E-state index < -0.39 is 6.04 Å². The number of rotatable bonds is 10. The smallest absolute Gasteiger partial charge is 0.241 e. The highest BCUT2D eigenvalue weighted by Crippen LogP contribution is 2.24. The van der Waals surface area contributed by atoms with Gasteiger partial charge in [-0.3, -0.25) is 14.4 Å². The fourth-order valence-electron chi connectivity index (χ4n) is 3.31. The average molecular weight is 446 g/mol. The van der Waals surface area contributed by atoms with Crippen LogP contribution >= 0.6 is 24.8 Å². The third-order valence-electron chi connectivity index (χ3n) is 4.81. The molecule has 1 amide bonds. The number of methoxy groups -OCH3 is 1. The maximum absolute atomic E-state index is 12.8. The summed E-state index contributed by atoms with van der Waals surface area (Å²) >= 11 is 0. The lowest BCUT2D eigenvalue weighted by molar-refractivity contribution is -0.123. The van der Waals surface area contributed by atoms with Crippen LogP contribution in [0.25, 0.3) is 0 Å². The van der Waals surface area contributed by atoms with Crippen molar-refractivity contribution in [1.29, 1.82) is 0 Å². The van der Waals surface area contributed by atoms with Gasteiger partial charge in [-0.05, 0) is 37.8 Å². The van der Waals surface area contributed by atoms with Crippen molar-refractivity contribution >= 4 is 30.7 Å². The van der Waals surface area contributed by atoms with Crippen LogP contribution in [0.1, 0.15) is 37.1 Å². The molecule has 0 radical (unpaired) electrons. The molecular formula is C20H33Cl2N5O2. The molecule has 0 fully saturated rings. The van der Waals surface area contributed by atoms with E-state index in [1.807, 2.05) is 31.4 Å². The van der Waals surface area contributed by atoms with Crippen molar-refractivity contribution in [3.8, 4) is 5.75 Å². The SMILES string of the molecule is CCN(CC)C(CNC(=O)C(NC)c1cnn(C)c1)c1cccc(OC)c1.Cl.Cl. The van der Waals surface area contributed by atoms with Crippen molar-refractivity contribution in [2.45, 2.75) is 25.9 Å². The summed E-state index contributed by atoms with van der Waals surface area (Å²) in [5.74, 6) is 0.755. The number of amides is 1. The molecule has 0 aliphatic rings. The molecule has 0 spiro atoms. The molecule has 1 heterocycles. The third-order valence-corrected chi connectivity index (χ3v) is 4.81. The summed E-state index contributed by atoms with van der Waals surface area (Å²) in [6, 6.07) is 7.67. The average Bonchev–Trinajstić information content (AvgIpc) is 3.11. The Morgan fingerprint density at radius 3 is 2.45 bits per heavy atom. The summed E-state index contributed by atoms with van der Waals surface area (Å²) in [5.41, 5.74) is 1.97. The zero-order valence-electron chi connectivity index (χ0n) is 17.7. The summed E-state index contributed by atoms with van der Waals surface area (Å²) in [4.78, 5) is 15.1. The Morgan fingerprint density at radius 2 is 1.93 bits per heavy atom. The number of aromatic nitrogens is 2. The van der Waals surface area contributed by atoms with E-state index in [1.165, 1.54) is 0 Å². The standard InChI is InChI=1S/C20H31N5O2.2ClH/c1-6-25(7-2)18(15-9-8-10-17(11-15)27-5)13-22-20(26)19(21-3)16-12-23-24(4)14-16;;/h8-12,14,18-19,21H,6-7,13H2,1-5H3,(H,22,26);2*1H. The van der Waals surface area contributed by atoms with Gasteiger partial charge < -0.3 is 15.4 Å². The molecule has 9 heteroatoms. The van der Waals surface area contributed by atoms with Crippen molar-refractivity contribution in [3.63, 3.8) is 0 Å². The van der Waals surface area contributed by atoms with Crippen molar-refractivity contribution in [1.82, 2.24) is 25.3 Å². The highest BCUT2D eigenvalue weighted by Gasteiger charge is 2.23. The van der Waals surface area contributed by atoms with Gasteiger partial charge in [-0.15, -0.1) is 24.8 Å². The zero-order valence-corrected chi connectivity index (χ0v) is 19.3. The second-order valence-electron chi connectivity index (χ2n) is 6.43. The Labute approximate surface area is 186 Å². The lowest BCUT2D eigenvalue weighted by Gasteiger charge is -2.31. The molecular weight excluding hydrogens is 413 g/mol. The maximum atomic E-state index is 12.8. The van der Waals surface area contributed by atoms with Crippen molar-refractivity contribution < 1.29 is 9.53 Å². The molecule has 0 aliphatic heterocycles. The third kappa shape index (κ3) is 7.19. The van der Waals surface area contributed by atoms with Gasteiger partial charge in [0.05, 0.1) is 19.3 Å². The first kappa shape index (κ1) is 27.2. The molecule has 7 nitrogen and oxygen atoms in total. The van der Waals surface area contributed by atoms with Crippen LogP contribution in [-0.2, 0) is 11.8 Å². The van der Waals surface area contributed by atoms with Crippen LogP contribution < -0.4 is 15.4 Å². The van der Waals surface area contributed by atoms with Crippen LogP contribution in [0.2, 0.25) is 0 Å². The molecule has 1 aromatic carbocycles. The molecule has 2 unspecified atom stereocenters. The molecule has 2 aromatic rings. The molecule has 2 rings (SSSR count). The minimum absolute atomic E-state index is 0. The lowest BCUT2D eigenvalue weighted by atomic mass is 10.0. The van der Waals surface area contributed by atoms with Gasteiger partial charge in [0, 0.05) is 25.4 Å². The Bertz CT molecular complexity index is 737. The van der Waals surface area contributed by atoms with Gasteiger partial charge in [0.2, 0.25) is 5.91 Å². The van der Waals surface area contributed by atoms with Gasteiger partial charge in [-0.1, -0.05) is 26.0 Å². The number of halogens is 2. The Balaban J connectivity index is 0.00000392. The van der Waals surface area contributed by atoms with Crippen LogP contribution in [-0.4, -0.2) is 54.4 Å². The molecule has 0 saturated heterocycles. The van der Waals surface area contributed by atoms with Gasteiger partial charge in [0.15, 0.2) is 0 Å². The normalized spacial score (nSPS) is 12.5. The summed E-state index contributed by atoms with van der Waals surface area (Å²) in [6.45, 7) is 6.57. The van der Waals surface area contributed by atoms with Gasteiger partial charge in [-0.25, -0.2) is 0 Å². The number of ether oxygens (including phenoxy) is 1. The summed E-state index contributed by atoms with van der Waals surface area (Å²) < 4.78 is 7.06. The van der Waals surface area contributed by atoms with Gasteiger partial charge in [-0.2, -0.15) is 5.10 Å². The molecule has 29 heavy (non-hydrogen) atoms. The number of carbonyl (C=O) groups is 1. The first-order valence-electron chi connectivity index (χ1n) is 9.35. The second-order valence-corrected chi connectivity index (χ2v) is 6.43. The first-order valence-corrected chi connectivity index (χ1v) is 9.35. The highest BCUT2D eigenvalue weighted by molar-refractivity contribution is 5.85. The molecule has 2 N–H and O–H groups in total. The molecule has 0 aliphatic carbocycles. The van der Waals surface area contributed by atoms with Crippen LogP contribution in [0, 0.1) is 0 Å². The Kier molecular flexibility index (Phi) is 12.6. The summed E-state index contributed by atoms with van der Waals surface area (Å²) in [5, 5.41) is 10.3. The summed E-state index contributed by atoms with van der Waals surface area (Å²) in [6.07, 6.45) is 3.56. The fourth-order valence-corrected chi connectivity index (χ4v) is 3.31. The van der Waals surface area contributed by atoms with E-state index in [2.05, 4.69) is 40.5 Å². The van der Waals surface area contributed by atoms with E-state index >= 15 is 0 Å². The lowest BCUT2D eigenvalue weighted by Crippen LogP contribution is -2.42. The number of hydrogen-bond donors (Lipinski definition) is 2. The van der Waals surface area contributed by atoms with E-state index in [0.717, 1.165) is 30.0 Å². The van der Waals surface area contributed by atoms with E-state index in [1.54, 1.807) is 25.0 Å². The second kappa shape index (κ2) is 13.4. The van der Waals surface area contributed by atoms with E-state index in [9.17, 15) is 4.79 Å².